The third kappa shape index (κ3) is 4.15. The molecule has 0 aliphatic carbocycles. The normalized spacial score (nSPS) is 17.2. The molecule has 2 amide bonds. The molecule has 6 nitrogen and oxygen atoms in total. The molecule has 1 aliphatic heterocycles. The molecule has 176 valence electrons. The second-order valence-electron chi connectivity index (χ2n) is 8.16. The first-order valence-electron chi connectivity index (χ1n) is 10.3. The summed E-state index contributed by atoms with van der Waals surface area (Å²) in [6.45, 7) is 4.36. The molecule has 1 saturated heterocycles. The Morgan fingerprint density at radius 3 is 2.27 bits per heavy atom. The van der Waals surface area contributed by atoms with E-state index in [-0.39, 0.29) is 27.6 Å². The largest absolute Gasteiger partial charge is 0.388 e. The van der Waals surface area contributed by atoms with Gasteiger partial charge in [0.25, 0.3) is 11.8 Å². The van der Waals surface area contributed by atoms with Crippen molar-refractivity contribution in [3.05, 3.63) is 53.3 Å². The molecule has 1 heterocycles. The Hall–Kier alpha value is -3.14. The number of alkyl halides is 2. The maximum absolute atomic E-state index is 14.6. The van der Waals surface area contributed by atoms with Gasteiger partial charge in [0.1, 0.15) is 17.5 Å². The molecule has 0 bridgehead atoms. The van der Waals surface area contributed by atoms with Crippen molar-refractivity contribution in [2.75, 3.05) is 29.2 Å². The van der Waals surface area contributed by atoms with Gasteiger partial charge in [0.05, 0.1) is 11.3 Å². The Bertz CT molecular complexity index is 1120. The molecular weight excluding hydrogens is 453 g/mol. The number of amides is 2. The number of rotatable bonds is 6. The molecule has 0 aromatic heterocycles. The van der Waals surface area contributed by atoms with Crippen molar-refractivity contribution < 1.29 is 22.8 Å². The molecule has 33 heavy (non-hydrogen) atoms. The Morgan fingerprint density at radius 1 is 1.09 bits per heavy atom. The number of nitrogens with one attached hydrogen (secondary N) is 2. The molecule has 10 heteroatoms. The van der Waals surface area contributed by atoms with Crippen LogP contribution in [0.5, 0.6) is 0 Å². The van der Waals surface area contributed by atoms with Crippen molar-refractivity contribution in [2.24, 2.45) is 0 Å². The molecule has 0 saturated carbocycles. The highest BCUT2D eigenvalue weighted by atomic mass is 32.1. The summed E-state index contributed by atoms with van der Waals surface area (Å²) < 4.78 is 43.0. The minimum absolute atomic E-state index is 0.0453. The van der Waals surface area contributed by atoms with Gasteiger partial charge in [0.2, 0.25) is 0 Å². The Kier molecular flexibility index (Phi) is 6.69. The van der Waals surface area contributed by atoms with Crippen LogP contribution in [0.25, 0.3) is 0 Å². The Labute approximate surface area is 195 Å². The number of anilines is 3. The van der Waals surface area contributed by atoms with Crippen molar-refractivity contribution in [2.45, 2.75) is 38.7 Å². The van der Waals surface area contributed by atoms with Crippen LogP contribution in [-0.2, 0) is 4.79 Å². The Morgan fingerprint density at radius 2 is 1.73 bits per heavy atom. The minimum Gasteiger partial charge on any atom is -0.388 e. The fraction of sp³-hybridized carbons (Fsp3) is 0.348. The lowest BCUT2D eigenvalue weighted by Crippen LogP contribution is -2.44. The van der Waals surface area contributed by atoms with Crippen LogP contribution in [0.2, 0.25) is 0 Å². The summed E-state index contributed by atoms with van der Waals surface area (Å²) >= 11 is 5.57. The van der Waals surface area contributed by atoms with E-state index in [0.29, 0.717) is 5.69 Å². The van der Waals surface area contributed by atoms with E-state index in [1.807, 2.05) is 0 Å². The highest BCUT2D eigenvalue weighted by Crippen LogP contribution is 2.39. The summed E-state index contributed by atoms with van der Waals surface area (Å²) in [5, 5.41) is 5.23. The summed E-state index contributed by atoms with van der Waals surface area (Å²) in [6, 6.07) is 8.44. The molecule has 2 aromatic rings. The zero-order valence-electron chi connectivity index (χ0n) is 18.9. The van der Waals surface area contributed by atoms with Crippen LogP contribution in [-0.4, -0.2) is 42.7 Å². The van der Waals surface area contributed by atoms with Crippen molar-refractivity contribution >= 4 is 46.2 Å². The molecule has 2 atom stereocenters. The molecule has 1 fully saturated rings. The van der Waals surface area contributed by atoms with Crippen LogP contribution >= 0.6 is 12.2 Å². The third-order valence-electron chi connectivity index (χ3n) is 5.61. The number of benzene rings is 2. The predicted molar refractivity (Wildman–Crippen MR) is 127 cm³/mol. The van der Waals surface area contributed by atoms with E-state index < -0.39 is 35.5 Å². The van der Waals surface area contributed by atoms with E-state index in [1.54, 1.807) is 33.0 Å². The lowest BCUT2D eigenvalue weighted by Gasteiger charge is -2.29. The molecule has 2 N–H and O–H groups in total. The number of nitrogens with zero attached hydrogens (tertiary/aromatic N) is 2. The zero-order chi connectivity index (χ0) is 24.7. The monoisotopic (exact) mass is 478 g/mol. The van der Waals surface area contributed by atoms with Gasteiger partial charge in [-0.3, -0.25) is 14.5 Å². The first-order chi connectivity index (χ1) is 15.4. The van der Waals surface area contributed by atoms with Crippen LogP contribution < -0.4 is 20.4 Å². The average Bonchev–Trinajstić information content (AvgIpc) is 2.95. The molecule has 2 unspecified atom stereocenters. The van der Waals surface area contributed by atoms with Crippen molar-refractivity contribution in [3.63, 3.8) is 0 Å². The van der Waals surface area contributed by atoms with Gasteiger partial charge >= 0.3 is 0 Å². The average molecular weight is 479 g/mol. The van der Waals surface area contributed by atoms with Gasteiger partial charge < -0.3 is 15.5 Å². The SMILES string of the molecule is CNC(=O)c1ccc(N2C(=S)N(c3ccc(NC)c(C(F)C(C)F)c3)C(=O)C2(C)C)cc1F. The summed E-state index contributed by atoms with van der Waals surface area (Å²) in [7, 11) is 2.98. The van der Waals surface area contributed by atoms with E-state index in [0.717, 1.165) is 13.0 Å². The Balaban J connectivity index is 2.07. The second-order valence-corrected chi connectivity index (χ2v) is 8.53. The fourth-order valence-corrected chi connectivity index (χ4v) is 4.33. The smallest absolute Gasteiger partial charge is 0.259 e. The van der Waals surface area contributed by atoms with Gasteiger partial charge in [-0.1, -0.05) is 0 Å². The molecule has 0 spiro atoms. The predicted octanol–water partition coefficient (Wildman–Crippen LogP) is 4.51. The van der Waals surface area contributed by atoms with Gasteiger partial charge in [-0.05, 0) is 69.4 Å². The molecule has 0 radical (unpaired) electrons. The molecule has 2 aromatic carbocycles. The summed E-state index contributed by atoms with van der Waals surface area (Å²) in [6.07, 6.45) is -3.67. The quantitative estimate of drug-likeness (QED) is 0.598. The summed E-state index contributed by atoms with van der Waals surface area (Å²) in [5.74, 6) is -1.77. The number of hydrogen-bond acceptors (Lipinski definition) is 4. The topological polar surface area (TPSA) is 64.7 Å². The number of halogens is 3. The number of hydrogen-bond donors (Lipinski definition) is 2. The highest BCUT2D eigenvalue weighted by Gasteiger charge is 2.50. The van der Waals surface area contributed by atoms with Crippen LogP contribution in [0, 0.1) is 5.82 Å². The first kappa shape index (κ1) is 24.5. The zero-order valence-corrected chi connectivity index (χ0v) is 19.7. The van der Waals surface area contributed by atoms with E-state index in [4.69, 9.17) is 12.2 Å². The van der Waals surface area contributed by atoms with Crippen LogP contribution in [0.1, 0.15) is 42.9 Å². The standard InChI is InChI=1S/C23H25F3N4O2S/c1-12(24)19(26)16-10-13(7-9-18(16)27-4)29-21(32)23(2,3)30(22(29)33)14-6-8-15(17(25)11-14)20(31)28-5/h6-12,19,27H,1-5H3,(H,28,31). The van der Waals surface area contributed by atoms with Gasteiger partial charge in [0.15, 0.2) is 11.3 Å². The summed E-state index contributed by atoms with van der Waals surface area (Å²) in [4.78, 5) is 27.9. The lowest BCUT2D eigenvalue weighted by atomic mass is 10.0. The van der Waals surface area contributed by atoms with Crippen molar-refractivity contribution in [1.29, 1.82) is 0 Å². The van der Waals surface area contributed by atoms with E-state index in [2.05, 4.69) is 10.6 Å². The molecule has 1 aliphatic rings. The van der Waals surface area contributed by atoms with E-state index in [1.165, 1.54) is 35.0 Å². The van der Waals surface area contributed by atoms with Gasteiger partial charge in [-0.2, -0.15) is 0 Å². The maximum Gasteiger partial charge on any atom is 0.259 e. The molecular formula is C23H25F3N4O2S. The second kappa shape index (κ2) is 9.01. The molecule has 3 rings (SSSR count). The van der Waals surface area contributed by atoms with Gasteiger partial charge in [-0.15, -0.1) is 0 Å². The van der Waals surface area contributed by atoms with Crippen LogP contribution in [0.4, 0.5) is 30.2 Å². The number of carbonyl (C=O) groups excluding carboxylic acids is 2. The first-order valence-corrected chi connectivity index (χ1v) is 10.7. The number of thiocarbonyl (C=S) groups is 1. The lowest BCUT2D eigenvalue weighted by molar-refractivity contribution is -0.120. The van der Waals surface area contributed by atoms with Crippen molar-refractivity contribution in [1.82, 2.24) is 5.32 Å². The van der Waals surface area contributed by atoms with E-state index >= 15 is 0 Å². The number of carbonyl (C=O) groups is 2. The third-order valence-corrected chi connectivity index (χ3v) is 5.98. The highest BCUT2D eigenvalue weighted by molar-refractivity contribution is 7.81. The van der Waals surface area contributed by atoms with Crippen molar-refractivity contribution in [3.8, 4) is 0 Å². The fourth-order valence-electron chi connectivity index (χ4n) is 3.81. The van der Waals surface area contributed by atoms with Gasteiger partial charge in [0, 0.05) is 31.0 Å². The van der Waals surface area contributed by atoms with E-state index in [9.17, 15) is 22.8 Å². The van der Waals surface area contributed by atoms with Crippen LogP contribution in [0.15, 0.2) is 36.4 Å². The summed E-state index contributed by atoms with van der Waals surface area (Å²) in [5.41, 5.74) is -0.371. The maximum atomic E-state index is 14.6. The van der Waals surface area contributed by atoms with Gasteiger partial charge in [-0.25, -0.2) is 13.2 Å². The van der Waals surface area contributed by atoms with Crippen LogP contribution in [0.3, 0.4) is 0 Å². The minimum atomic E-state index is -1.91.